The summed E-state index contributed by atoms with van der Waals surface area (Å²) in [6.07, 6.45) is 1.80. The smallest absolute Gasteiger partial charge is 0.337 e. The van der Waals surface area contributed by atoms with E-state index in [1.165, 1.54) is 19.2 Å². The number of nitrogens with zero attached hydrogens (tertiary/aromatic N) is 4. The van der Waals surface area contributed by atoms with Gasteiger partial charge in [0, 0.05) is 43.8 Å². The van der Waals surface area contributed by atoms with E-state index in [4.69, 9.17) is 4.74 Å². The van der Waals surface area contributed by atoms with Crippen molar-refractivity contribution in [3.63, 3.8) is 0 Å². The highest BCUT2D eigenvalue weighted by atomic mass is 32.1. The molecule has 138 valence electrons. The number of aromatic nitrogens is 1. The number of carbonyl (C=O) groups is 1. The van der Waals surface area contributed by atoms with E-state index in [-0.39, 0.29) is 11.7 Å². The summed E-state index contributed by atoms with van der Waals surface area (Å²) in [7, 11) is 1.29. The summed E-state index contributed by atoms with van der Waals surface area (Å²) in [6.45, 7) is 4.93. The van der Waals surface area contributed by atoms with E-state index < -0.39 is 10.9 Å². The molecule has 2 aromatic rings. The van der Waals surface area contributed by atoms with E-state index >= 15 is 0 Å². The number of piperazine rings is 1. The Balaban J connectivity index is 1.77. The van der Waals surface area contributed by atoms with Crippen molar-refractivity contribution in [2.75, 3.05) is 38.2 Å². The lowest BCUT2D eigenvalue weighted by Gasteiger charge is -2.38. The van der Waals surface area contributed by atoms with Crippen LogP contribution < -0.4 is 4.90 Å². The van der Waals surface area contributed by atoms with E-state index in [9.17, 15) is 14.9 Å². The number of carbonyl (C=O) groups excluding carboxylic acids is 1. The molecule has 1 aromatic carbocycles. The van der Waals surface area contributed by atoms with Gasteiger partial charge in [-0.3, -0.25) is 15.0 Å². The highest BCUT2D eigenvalue weighted by Gasteiger charge is 2.28. The van der Waals surface area contributed by atoms with Crippen LogP contribution in [0.25, 0.3) is 0 Å². The number of ether oxygens (including phenoxy) is 1. The SMILES string of the molecule is COC(=O)c1ccc([N+](=O)[O-])c(N2CCN(C(C)c3nccs3)CC2)c1. The van der Waals surface area contributed by atoms with Gasteiger partial charge in [-0.1, -0.05) is 0 Å². The number of rotatable bonds is 5. The fraction of sp³-hybridized carbons (Fsp3) is 0.412. The maximum Gasteiger partial charge on any atom is 0.337 e. The van der Waals surface area contributed by atoms with Gasteiger partial charge in [-0.15, -0.1) is 11.3 Å². The quantitative estimate of drug-likeness (QED) is 0.450. The van der Waals surface area contributed by atoms with Crippen molar-refractivity contribution >= 4 is 28.7 Å². The van der Waals surface area contributed by atoms with Gasteiger partial charge in [0.15, 0.2) is 0 Å². The minimum absolute atomic E-state index is 0.000856. The molecule has 1 aliphatic heterocycles. The van der Waals surface area contributed by atoms with Crippen LogP contribution in [0, 0.1) is 10.1 Å². The average molecular weight is 376 g/mol. The molecule has 0 bridgehead atoms. The minimum atomic E-state index is -0.503. The van der Waals surface area contributed by atoms with Crippen molar-refractivity contribution in [2.24, 2.45) is 0 Å². The highest BCUT2D eigenvalue weighted by molar-refractivity contribution is 7.09. The molecule has 1 aromatic heterocycles. The summed E-state index contributed by atoms with van der Waals surface area (Å²) < 4.78 is 4.73. The van der Waals surface area contributed by atoms with Crippen LogP contribution >= 0.6 is 11.3 Å². The van der Waals surface area contributed by atoms with Crippen LogP contribution in [0.5, 0.6) is 0 Å². The molecule has 0 radical (unpaired) electrons. The lowest BCUT2D eigenvalue weighted by atomic mass is 10.1. The molecule has 1 fully saturated rings. The van der Waals surface area contributed by atoms with Gasteiger partial charge in [0.05, 0.1) is 23.6 Å². The van der Waals surface area contributed by atoms with E-state index in [0.29, 0.717) is 24.3 Å². The summed E-state index contributed by atoms with van der Waals surface area (Å²) in [5, 5.41) is 14.4. The molecule has 3 rings (SSSR count). The topological polar surface area (TPSA) is 88.8 Å². The lowest BCUT2D eigenvalue weighted by Crippen LogP contribution is -2.47. The Morgan fingerprint density at radius 3 is 2.65 bits per heavy atom. The van der Waals surface area contributed by atoms with Crippen LogP contribution in [0.2, 0.25) is 0 Å². The van der Waals surface area contributed by atoms with Gasteiger partial charge >= 0.3 is 5.97 Å². The number of anilines is 1. The Hall–Kier alpha value is -2.52. The third kappa shape index (κ3) is 3.68. The second kappa shape index (κ2) is 7.79. The molecule has 2 heterocycles. The Morgan fingerprint density at radius 2 is 2.08 bits per heavy atom. The van der Waals surface area contributed by atoms with Crippen molar-refractivity contribution in [3.8, 4) is 0 Å². The van der Waals surface area contributed by atoms with Gasteiger partial charge in [0.25, 0.3) is 5.69 Å². The normalized spacial score (nSPS) is 16.3. The van der Waals surface area contributed by atoms with Crippen LogP contribution in [0.4, 0.5) is 11.4 Å². The monoisotopic (exact) mass is 376 g/mol. The molecule has 1 saturated heterocycles. The molecular formula is C17H20N4O4S. The largest absolute Gasteiger partial charge is 0.465 e. The zero-order chi connectivity index (χ0) is 18.7. The predicted octanol–water partition coefficient (Wildman–Crippen LogP) is 2.72. The van der Waals surface area contributed by atoms with Crippen molar-refractivity contribution < 1.29 is 14.5 Å². The van der Waals surface area contributed by atoms with E-state index in [0.717, 1.165) is 18.1 Å². The van der Waals surface area contributed by atoms with Crippen LogP contribution in [-0.4, -0.2) is 54.1 Å². The summed E-state index contributed by atoms with van der Waals surface area (Å²) >= 11 is 1.63. The number of thiazole rings is 1. The van der Waals surface area contributed by atoms with Crippen LogP contribution in [0.1, 0.15) is 28.3 Å². The van der Waals surface area contributed by atoms with Gasteiger partial charge in [-0.05, 0) is 19.1 Å². The maximum absolute atomic E-state index is 11.8. The second-order valence-electron chi connectivity index (χ2n) is 6.02. The second-order valence-corrected chi connectivity index (χ2v) is 6.95. The molecule has 1 unspecified atom stereocenters. The summed E-state index contributed by atoms with van der Waals surface area (Å²) in [5.41, 5.74) is 0.769. The Kier molecular flexibility index (Phi) is 5.48. The molecular weight excluding hydrogens is 356 g/mol. The number of esters is 1. The molecule has 1 atom stereocenters. The fourth-order valence-electron chi connectivity index (χ4n) is 3.12. The maximum atomic E-state index is 11.8. The first kappa shape index (κ1) is 18.3. The van der Waals surface area contributed by atoms with Gasteiger partial charge in [-0.25, -0.2) is 9.78 Å². The number of benzene rings is 1. The van der Waals surface area contributed by atoms with Crippen molar-refractivity contribution in [3.05, 3.63) is 50.5 Å². The predicted molar refractivity (Wildman–Crippen MR) is 98.8 cm³/mol. The van der Waals surface area contributed by atoms with Crippen LogP contribution in [-0.2, 0) is 4.74 Å². The van der Waals surface area contributed by atoms with E-state index in [2.05, 4.69) is 16.8 Å². The standard InChI is InChI=1S/C17H20N4O4S/c1-12(16-18-5-10-26-16)19-6-8-20(9-7-19)15-11-13(17(22)25-2)3-4-14(15)21(23)24/h3-5,10-12H,6-9H2,1-2H3. The van der Waals surface area contributed by atoms with Gasteiger partial charge in [0.2, 0.25) is 0 Å². The molecule has 0 amide bonds. The first-order valence-electron chi connectivity index (χ1n) is 8.26. The lowest BCUT2D eigenvalue weighted by molar-refractivity contribution is -0.384. The molecule has 1 aliphatic rings. The first-order valence-corrected chi connectivity index (χ1v) is 9.14. The number of hydrogen-bond donors (Lipinski definition) is 0. The summed E-state index contributed by atoms with van der Waals surface area (Å²) in [5.74, 6) is -0.503. The van der Waals surface area contributed by atoms with E-state index in [1.807, 2.05) is 10.3 Å². The van der Waals surface area contributed by atoms with Crippen LogP contribution in [0.3, 0.4) is 0 Å². The fourth-order valence-corrected chi connectivity index (χ4v) is 3.85. The zero-order valence-electron chi connectivity index (χ0n) is 14.6. The summed E-state index contributed by atoms with van der Waals surface area (Å²) in [6, 6.07) is 4.55. The van der Waals surface area contributed by atoms with Crippen molar-refractivity contribution in [1.82, 2.24) is 9.88 Å². The van der Waals surface area contributed by atoms with Gasteiger partial charge < -0.3 is 9.64 Å². The zero-order valence-corrected chi connectivity index (χ0v) is 15.4. The molecule has 26 heavy (non-hydrogen) atoms. The van der Waals surface area contributed by atoms with Gasteiger partial charge in [-0.2, -0.15) is 0 Å². The van der Waals surface area contributed by atoms with Crippen molar-refractivity contribution in [2.45, 2.75) is 13.0 Å². The van der Waals surface area contributed by atoms with Crippen molar-refractivity contribution in [1.29, 1.82) is 0 Å². The first-order chi connectivity index (χ1) is 12.5. The average Bonchev–Trinajstić information content (AvgIpc) is 3.21. The Morgan fingerprint density at radius 1 is 1.35 bits per heavy atom. The molecule has 0 spiro atoms. The molecule has 9 heteroatoms. The number of nitro groups is 1. The third-order valence-electron chi connectivity index (χ3n) is 4.60. The number of nitro benzene ring substituents is 1. The molecule has 0 N–H and O–H groups in total. The van der Waals surface area contributed by atoms with Gasteiger partial charge in [0.1, 0.15) is 10.7 Å². The highest BCUT2D eigenvalue weighted by Crippen LogP contribution is 2.32. The van der Waals surface area contributed by atoms with E-state index in [1.54, 1.807) is 23.6 Å². The Labute approximate surface area is 155 Å². The Bertz CT molecular complexity index is 788. The molecule has 0 saturated carbocycles. The minimum Gasteiger partial charge on any atom is -0.465 e. The number of methoxy groups -OCH3 is 1. The van der Waals surface area contributed by atoms with Crippen LogP contribution in [0.15, 0.2) is 29.8 Å². The molecule has 8 nitrogen and oxygen atoms in total. The third-order valence-corrected chi connectivity index (χ3v) is 5.55. The summed E-state index contributed by atoms with van der Waals surface area (Å²) in [4.78, 5) is 31.4. The molecule has 0 aliphatic carbocycles. The number of hydrogen-bond acceptors (Lipinski definition) is 8.